The number of rotatable bonds is 7. The van der Waals surface area contributed by atoms with Gasteiger partial charge in [-0.1, -0.05) is 6.07 Å². The van der Waals surface area contributed by atoms with Crippen LogP contribution in [-0.2, 0) is 25.6 Å². The molecule has 1 N–H and O–H groups in total. The van der Waals surface area contributed by atoms with Crippen LogP contribution in [0.3, 0.4) is 0 Å². The fraction of sp³-hybridized carbons (Fsp3) is 0.393. The van der Waals surface area contributed by atoms with Gasteiger partial charge in [0.15, 0.2) is 23.0 Å². The number of esters is 1. The summed E-state index contributed by atoms with van der Waals surface area (Å²) in [4.78, 5) is 12.9. The molecule has 6 rings (SSSR count). The average molecular weight is 541 g/mol. The van der Waals surface area contributed by atoms with Gasteiger partial charge >= 0.3 is 5.97 Å². The van der Waals surface area contributed by atoms with Crippen molar-refractivity contribution in [2.75, 3.05) is 41.8 Å². The lowest BCUT2D eigenvalue weighted by Gasteiger charge is -2.38. The van der Waals surface area contributed by atoms with Crippen molar-refractivity contribution < 1.29 is 52.5 Å². The topological polar surface area (TPSA) is 120 Å². The number of carbonyl (C=O) groups is 1. The van der Waals surface area contributed by atoms with Crippen molar-refractivity contribution in [3.05, 3.63) is 41.5 Å². The fourth-order valence-electron chi connectivity index (χ4n) is 5.37. The van der Waals surface area contributed by atoms with E-state index in [9.17, 15) is 9.90 Å². The number of hydrogen-bond donors (Lipinski definition) is 1. The zero-order valence-corrected chi connectivity index (χ0v) is 21.8. The highest BCUT2D eigenvalue weighted by molar-refractivity contribution is 6.13. The molecule has 39 heavy (non-hydrogen) atoms. The Bertz CT molecular complexity index is 1440. The van der Waals surface area contributed by atoms with E-state index < -0.39 is 30.6 Å². The van der Waals surface area contributed by atoms with Gasteiger partial charge in [0.25, 0.3) is 0 Å². The van der Waals surface area contributed by atoms with Gasteiger partial charge < -0.3 is 47.7 Å². The summed E-state index contributed by atoms with van der Waals surface area (Å²) >= 11 is 0. The van der Waals surface area contributed by atoms with Crippen LogP contribution < -0.4 is 23.7 Å². The average Bonchev–Trinajstić information content (AvgIpc) is 3.58. The Morgan fingerprint density at radius 1 is 0.872 bits per heavy atom. The minimum Gasteiger partial charge on any atom is -0.493 e. The first-order chi connectivity index (χ1) is 19.0. The number of aliphatic hydroxyl groups excluding tert-OH is 1. The first-order valence-corrected chi connectivity index (χ1v) is 12.3. The van der Waals surface area contributed by atoms with Gasteiger partial charge in [-0.25, -0.2) is 4.79 Å². The molecular formula is C28H28O11. The molecule has 0 aliphatic carbocycles. The molecule has 1 fully saturated rings. The van der Waals surface area contributed by atoms with Crippen LogP contribution in [0.25, 0.3) is 21.9 Å². The number of ether oxygens (including phenoxy) is 9. The van der Waals surface area contributed by atoms with E-state index in [0.29, 0.717) is 50.5 Å². The Morgan fingerprint density at radius 2 is 1.69 bits per heavy atom. The Kier molecular flexibility index (Phi) is 6.59. The molecular weight excluding hydrogens is 512 g/mol. The summed E-state index contributed by atoms with van der Waals surface area (Å²) in [5.41, 5.74) is 2.45. The predicted molar refractivity (Wildman–Crippen MR) is 136 cm³/mol. The molecule has 0 amide bonds. The number of aliphatic hydroxyl groups is 1. The fourth-order valence-corrected chi connectivity index (χ4v) is 5.37. The molecule has 206 valence electrons. The molecule has 11 nitrogen and oxygen atoms in total. The maximum Gasteiger partial charge on any atom is 0.339 e. The second kappa shape index (κ2) is 10.1. The van der Waals surface area contributed by atoms with Crippen molar-refractivity contribution in [3.63, 3.8) is 0 Å². The van der Waals surface area contributed by atoms with Crippen molar-refractivity contribution in [3.8, 4) is 39.9 Å². The van der Waals surface area contributed by atoms with Gasteiger partial charge in [-0.3, -0.25) is 0 Å². The van der Waals surface area contributed by atoms with Crippen LogP contribution in [0.5, 0.6) is 28.7 Å². The standard InChI is InChI=1S/C28H28O11/c1-31-19-9-15-16(24(26(19)34-4)39-28-23(29)25(33-3)20(32-2)11-36-28)7-14-10-35-27(30)22(14)21(15)13-5-6-17-18(8-13)38-12-37-17/h5-9,20,23,25,28-29H,10-12H2,1-4H3/t20-,23-,25-,28-/m0/s1. The maximum absolute atomic E-state index is 12.9. The summed E-state index contributed by atoms with van der Waals surface area (Å²) < 4.78 is 51.0. The van der Waals surface area contributed by atoms with Gasteiger partial charge in [-0.2, -0.15) is 0 Å². The highest BCUT2D eigenvalue weighted by Crippen LogP contribution is 2.50. The predicted octanol–water partition coefficient (Wildman–Crippen LogP) is 3.05. The van der Waals surface area contributed by atoms with E-state index in [-0.39, 0.29) is 25.8 Å². The lowest BCUT2D eigenvalue weighted by Crippen LogP contribution is -2.56. The summed E-state index contributed by atoms with van der Waals surface area (Å²) in [5, 5.41) is 12.3. The van der Waals surface area contributed by atoms with Gasteiger partial charge in [0.1, 0.15) is 24.9 Å². The van der Waals surface area contributed by atoms with Gasteiger partial charge in [0, 0.05) is 30.7 Å². The van der Waals surface area contributed by atoms with Crippen molar-refractivity contribution >= 4 is 16.7 Å². The number of cyclic esters (lactones) is 1. The van der Waals surface area contributed by atoms with Crippen LogP contribution in [0.2, 0.25) is 0 Å². The zero-order chi connectivity index (χ0) is 27.3. The summed E-state index contributed by atoms with van der Waals surface area (Å²) in [6.07, 6.45) is -3.44. The summed E-state index contributed by atoms with van der Waals surface area (Å²) in [7, 11) is 6.01. The summed E-state index contributed by atoms with van der Waals surface area (Å²) in [6, 6.07) is 9.08. The second-order valence-electron chi connectivity index (χ2n) is 9.25. The monoisotopic (exact) mass is 540 g/mol. The van der Waals surface area contributed by atoms with Crippen LogP contribution in [0.1, 0.15) is 15.9 Å². The van der Waals surface area contributed by atoms with Crippen molar-refractivity contribution in [2.45, 2.75) is 31.2 Å². The largest absolute Gasteiger partial charge is 0.493 e. The first-order valence-electron chi connectivity index (χ1n) is 12.3. The van der Waals surface area contributed by atoms with Gasteiger partial charge in [0.2, 0.25) is 18.8 Å². The van der Waals surface area contributed by atoms with Gasteiger partial charge in [-0.15, -0.1) is 0 Å². The van der Waals surface area contributed by atoms with Crippen LogP contribution in [-0.4, -0.2) is 77.5 Å². The molecule has 3 heterocycles. The maximum atomic E-state index is 12.9. The Labute approximate surface area is 224 Å². The lowest BCUT2D eigenvalue weighted by atomic mass is 9.89. The molecule has 0 spiro atoms. The van der Waals surface area contributed by atoms with E-state index in [1.807, 2.05) is 18.2 Å². The Hall–Kier alpha value is -3.77. The zero-order valence-electron chi connectivity index (χ0n) is 21.8. The molecule has 3 aromatic rings. The molecule has 0 aromatic heterocycles. The molecule has 3 aliphatic rings. The highest BCUT2D eigenvalue weighted by atomic mass is 16.7. The van der Waals surface area contributed by atoms with Crippen molar-refractivity contribution in [2.24, 2.45) is 0 Å². The van der Waals surface area contributed by atoms with E-state index in [2.05, 4.69) is 0 Å². The van der Waals surface area contributed by atoms with E-state index >= 15 is 0 Å². The van der Waals surface area contributed by atoms with E-state index in [1.165, 1.54) is 28.4 Å². The summed E-state index contributed by atoms with van der Waals surface area (Å²) in [5.74, 6) is 1.68. The molecule has 4 atom stereocenters. The lowest BCUT2D eigenvalue weighted by molar-refractivity contribution is -0.252. The quantitative estimate of drug-likeness (QED) is 0.445. The minimum atomic E-state index is -1.17. The van der Waals surface area contributed by atoms with Crippen LogP contribution in [0.4, 0.5) is 0 Å². The van der Waals surface area contributed by atoms with Gasteiger partial charge in [0.05, 0.1) is 26.4 Å². The molecule has 0 saturated carbocycles. The van der Waals surface area contributed by atoms with E-state index in [1.54, 1.807) is 12.1 Å². The number of fused-ring (bicyclic) bond motifs is 3. The van der Waals surface area contributed by atoms with Gasteiger partial charge in [-0.05, 0) is 35.2 Å². The van der Waals surface area contributed by atoms with E-state index in [4.69, 9.17) is 42.6 Å². The third kappa shape index (κ3) is 4.09. The number of methoxy groups -OCH3 is 4. The van der Waals surface area contributed by atoms with Crippen LogP contribution >= 0.6 is 0 Å². The molecule has 3 aliphatic heterocycles. The number of hydrogen-bond acceptors (Lipinski definition) is 11. The minimum absolute atomic E-state index is 0.0965. The van der Waals surface area contributed by atoms with Crippen molar-refractivity contribution in [1.29, 1.82) is 0 Å². The summed E-state index contributed by atoms with van der Waals surface area (Å²) in [6.45, 7) is 0.355. The Morgan fingerprint density at radius 3 is 2.44 bits per heavy atom. The third-order valence-electron chi connectivity index (χ3n) is 7.26. The van der Waals surface area contributed by atoms with Crippen molar-refractivity contribution in [1.82, 2.24) is 0 Å². The molecule has 0 bridgehead atoms. The molecule has 3 aromatic carbocycles. The normalized spacial score (nSPS) is 23.5. The first kappa shape index (κ1) is 25.5. The smallest absolute Gasteiger partial charge is 0.339 e. The number of carbonyl (C=O) groups excluding carboxylic acids is 1. The van der Waals surface area contributed by atoms with Crippen LogP contribution in [0.15, 0.2) is 30.3 Å². The second-order valence-corrected chi connectivity index (χ2v) is 9.25. The molecule has 0 radical (unpaired) electrons. The molecule has 1 saturated heterocycles. The Balaban J connectivity index is 1.56. The number of benzene rings is 3. The molecule has 0 unspecified atom stereocenters. The third-order valence-corrected chi connectivity index (χ3v) is 7.26. The SMILES string of the molecule is COc1cc2c(-c3ccc4c(c3)OCO4)c3c(cc2c(O[C@@H]2OC[C@H](OC)[C@H](OC)[C@@H]2O)c1OC)COC3=O. The highest BCUT2D eigenvalue weighted by Gasteiger charge is 2.42. The molecule has 11 heteroatoms. The van der Waals surface area contributed by atoms with Crippen LogP contribution in [0, 0.1) is 0 Å². The van der Waals surface area contributed by atoms with E-state index in [0.717, 1.165) is 5.56 Å².